The first-order valence-corrected chi connectivity index (χ1v) is 6.12. The first-order valence-electron chi connectivity index (χ1n) is 6.12. The van der Waals surface area contributed by atoms with Crippen LogP contribution in [0.1, 0.15) is 46.5 Å². The minimum atomic E-state index is -0.427. The molecular formula is C12H24N2O2. The van der Waals surface area contributed by atoms with E-state index in [2.05, 4.69) is 0 Å². The SMILES string of the molecule is CC(C)(C)OC(=O)N1CCCCCC(N)C1. The van der Waals surface area contributed by atoms with Crippen LogP contribution < -0.4 is 5.73 Å². The molecule has 16 heavy (non-hydrogen) atoms. The maximum atomic E-state index is 11.9. The zero-order valence-corrected chi connectivity index (χ0v) is 10.7. The Hall–Kier alpha value is -0.770. The Morgan fingerprint density at radius 3 is 2.62 bits per heavy atom. The maximum Gasteiger partial charge on any atom is 0.410 e. The second-order valence-electron chi connectivity index (χ2n) is 5.54. The number of carbonyl (C=O) groups is 1. The van der Waals surface area contributed by atoms with Crippen LogP contribution in [0.4, 0.5) is 4.79 Å². The molecule has 1 saturated heterocycles. The molecule has 0 bridgehead atoms. The molecule has 4 nitrogen and oxygen atoms in total. The van der Waals surface area contributed by atoms with E-state index in [0.717, 1.165) is 25.8 Å². The summed E-state index contributed by atoms with van der Waals surface area (Å²) in [6.07, 6.45) is 4.13. The van der Waals surface area contributed by atoms with Crippen molar-refractivity contribution in [3.8, 4) is 0 Å². The fraction of sp³-hybridized carbons (Fsp3) is 0.917. The van der Waals surface area contributed by atoms with Crippen LogP contribution in [0, 0.1) is 0 Å². The van der Waals surface area contributed by atoms with Gasteiger partial charge in [-0.05, 0) is 33.6 Å². The third kappa shape index (κ3) is 4.84. The van der Waals surface area contributed by atoms with Gasteiger partial charge in [-0.2, -0.15) is 0 Å². The molecule has 2 N–H and O–H groups in total. The van der Waals surface area contributed by atoms with Gasteiger partial charge in [-0.3, -0.25) is 0 Å². The first kappa shape index (κ1) is 13.3. The Morgan fingerprint density at radius 1 is 1.31 bits per heavy atom. The van der Waals surface area contributed by atoms with Crippen LogP contribution in [-0.2, 0) is 4.74 Å². The summed E-state index contributed by atoms with van der Waals surface area (Å²) in [7, 11) is 0. The molecule has 1 unspecified atom stereocenters. The molecule has 1 amide bonds. The van der Waals surface area contributed by atoms with Crippen molar-refractivity contribution in [2.24, 2.45) is 5.73 Å². The third-order valence-electron chi connectivity index (χ3n) is 2.61. The molecule has 94 valence electrons. The molecule has 0 aromatic carbocycles. The number of likely N-dealkylation sites (tertiary alicyclic amines) is 1. The Bertz CT molecular complexity index is 236. The molecule has 4 heteroatoms. The maximum absolute atomic E-state index is 11.9. The number of hydrogen-bond acceptors (Lipinski definition) is 3. The van der Waals surface area contributed by atoms with Crippen LogP contribution in [0.3, 0.4) is 0 Å². The highest BCUT2D eigenvalue weighted by Gasteiger charge is 2.24. The lowest BCUT2D eigenvalue weighted by molar-refractivity contribution is 0.0225. The largest absolute Gasteiger partial charge is 0.444 e. The van der Waals surface area contributed by atoms with E-state index in [4.69, 9.17) is 10.5 Å². The van der Waals surface area contributed by atoms with E-state index in [1.54, 1.807) is 4.90 Å². The molecular weight excluding hydrogens is 204 g/mol. The van der Waals surface area contributed by atoms with Crippen molar-refractivity contribution < 1.29 is 9.53 Å². The van der Waals surface area contributed by atoms with Crippen molar-refractivity contribution in [3.05, 3.63) is 0 Å². The van der Waals surface area contributed by atoms with Crippen molar-refractivity contribution in [1.29, 1.82) is 0 Å². The highest BCUT2D eigenvalue weighted by atomic mass is 16.6. The molecule has 1 heterocycles. The minimum absolute atomic E-state index is 0.0906. The van der Waals surface area contributed by atoms with Gasteiger partial charge in [0.05, 0.1) is 0 Å². The molecule has 0 spiro atoms. The second kappa shape index (κ2) is 5.53. The van der Waals surface area contributed by atoms with Crippen LogP contribution >= 0.6 is 0 Å². The Morgan fingerprint density at radius 2 is 2.00 bits per heavy atom. The van der Waals surface area contributed by atoms with Gasteiger partial charge in [-0.25, -0.2) is 4.79 Å². The summed E-state index contributed by atoms with van der Waals surface area (Å²) < 4.78 is 5.35. The van der Waals surface area contributed by atoms with Crippen molar-refractivity contribution in [3.63, 3.8) is 0 Å². The third-order valence-corrected chi connectivity index (χ3v) is 2.61. The smallest absolute Gasteiger partial charge is 0.410 e. The van der Waals surface area contributed by atoms with E-state index in [9.17, 15) is 4.79 Å². The lowest BCUT2D eigenvalue weighted by Gasteiger charge is -2.30. The number of rotatable bonds is 0. The van der Waals surface area contributed by atoms with E-state index in [-0.39, 0.29) is 12.1 Å². The number of nitrogens with zero attached hydrogens (tertiary/aromatic N) is 1. The van der Waals surface area contributed by atoms with E-state index in [0.29, 0.717) is 6.54 Å². The molecule has 0 aromatic rings. The average Bonchev–Trinajstić information content (AvgIpc) is 2.07. The monoisotopic (exact) mass is 228 g/mol. The van der Waals surface area contributed by atoms with Gasteiger partial charge in [0, 0.05) is 19.1 Å². The number of amides is 1. The van der Waals surface area contributed by atoms with Gasteiger partial charge in [0.1, 0.15) is 5.60 Å². The van der Waals surface area contributed by atoms with Crippen LogP contribution in [0.2, 0.25) is 0 Å². The quantitative estimate of drug-likeness (QED) is 0.691. The van der Waals surface area contributed by atoms with Crippen LogP contribution in [0.25, 0.3) is 0 Å². The lowest BCUT2D eigenvalue weighted by atomic mass is 10.1. The lowest BCUT2D eigenvalue weighted by Crippen LogP contribution is -2.44. The standard InChI is InChI=1S/C12H24N2O2/c1-12(2,3)16-11(15)14-8-6-4-5-7-10(13)9-14/h10H,4-9,13H2,1-3H3. The zero-order chi connectivity index (χ0) is 12.2. The van der Waals surface area contributed by atoms with E-state index < -0.39 is 5.60 Å². The number of nitrogens with two attached hydrogens (primary N) is 1. The first-order chi connectivity index (χ1) is 7.38. The number of carbonyl (C=O) groups excluding carboxylic acids is 1. The fourth-order valence-corrected chi connectivity index (χ4v) is 1.84. The van der Waals surface area contributed by atoms with Gasteiger partial charge in [-0.15, -0.1) is 0 Å². The molecule has 1 fully saturated rings. The summed E-state index contributed by atoms with van der Waals surface area (Å²) in [6, 6.07) is 0.0906. The Balaban J connectivity index is 2.51. The molecule has 1 atom stereocenters. The Labute approximate surface area is 98.1 Å². The predicted molar refractivity (Wildman–Crippen MR) is 64.3 cm³/mol. The van der Waals surface area contributed by atoms with Gasteiger partial charge in [0.15, 0.2) is 0 Å². The average molecular weight is 228 g/mol. The highest BCUT2D eigenvalue weighted by Crippen LogP contribution is 2.14. The molecule has 0 aliphatic carbocycles. The molecule has 1 aliphatic rings. The predicted octanol–water partition coefficient (Wildman–Crippen LogP) is 2.12. The number of hydrogen-bond donors (Lipinski definition) is 1. The van der Waals surface area contributed by atoms with Gasteiger partial charge in [0.25, 0.3) is 0 Å². The van der Waals surface area contributed by atoms with Gasteiger partial charge >= 0.3 is 6.09 Å². The molecule has 0 aromatic heterocycles. The molecule has 0 radical (unpaired) electrons. The van der Waals surface area contributed by atoms with Crippen LogP contribution in [-0.4, -0.2) is 35.7 Å². The van der Waals surface area contributed by atoms with E-state index >= 15 is 0 Å². The van der Waals surface area contributed by atoms with Crippen molar-refractivity contribution in [2.45, 2.75) is 58.1 Å². The molecule has 0 saturated carbocycles. The second-order valence-corrected chi connectivity index (χ2v) is 5.54. The van der Waals surface area contributed by atoms with Gasteiger partial charge in [0.2, 0.25) is 0 Å². The van der Waals surface area contributed by atoms with Crippen molar-refractivity contribution in [1.82, 2.24) is 4.90 Å². The summed E-state index contributed by atoms with van der Waals surface area (Å²) in [6.45, 7) is 7.04. The van der Waals surface area contributed by atoms with Crippen LogP contribution in [0.15, 0.2) is 0 Å². The van der Waals surface area contributed by atoms with E-state index in [1.165, 1.54) is 6.42 Å². The molecule has 1 rings (SSSR count). The van der Waals surface area contributed by atoms with Crippen molar-refractivity contribution >= 4 is 6.09 Å². The summed E-state index contributed by atoms with van der Waals surface area (Å²) in [5.41, 5.74) is 5.52. The van der Waals surface area contributed by atoms with E-state index in [1.807, 2.05) is 20.8 Å². The summed E-state index contributed by atoms with van der Waals surface area (Å²) in [4.78, 5) is 13.6. The summed E-state index contributed by atoms with van der Waals surface area (Å²) in [5.74, 6) is 0. The topological polar surface area (TPSA) is 55.6 Å². The molecule has 1 aliphatic heterocycles. The van der Waals surface area contributed by atoms with Crippen LogP contribution in [0.5, 0.6) is 0 Å². The highest BCUT2D eigenvalue weighted by molar-refractivity contribution is 5.68. The number of ether oxygens (including phenoxy) is 1. The zero-order valence-electron chi connectivity index (χ0n) is 10.7. The minimum Gasteiger partial charge on any atom is -0.444 e. The Kier molecular flexibility index (Phi) is 4.59. The normalized spacial score (nSPS) is 23.5. The van der Waals surface area contributed by atoms with Gasteiger partial charge < -0.3 is 15.4 Å². The van der Waals surface area contributed by atoms with Crippen molar-refractivity contribution in [2.75, 3.05) is 13.1 Å². The summed E-state index contributed by atoms with van der Waals surface area (Å²) >= 11 is 0. The fourth-order valence-electron chi connectivity index (χ4n) is 1.84. The summed E-state index contributed by atoms with van der Waals surface area (Å²) in [5, 5.41) is 0. The van der Waals surface area contributed by atoms with Gasteiger partial charge in [-0.1, -0.05) is 12.8 Å².